The van der Waals surface area contributed by atoms with Gasteiger partial charge in [-0.1, -0.05) is 0 Å². The minimum Gasteiger partial charge on any atom is -0.481 e. The first-order valence-electron chi connectivity index (χ1n) is 5.38. The first-order chi connectivity index (χ1) is 8.04. The number of nitrogens with two attached hydrogens (primary N) is 1. The summed E-state index contributed by atoms with van der Waals surface area (Å²) in [5, 5.41) is 4.43. The smallest absolute Gasteiger partial charge is 0.215 e. The lowest BCUT2D eigenvalue weighted by Crippen LogP contribution is -2.07. The number of anilines is 1. The molecule has 0 spiro atoms. The average Bonchev–Trinajstić information content (AvgIpc) is 2.58. The number of hydrogen-bond donors (Lipinski definition) is 1. The topological polar surface area (TPSA) is 66.0 Å². The molecule has 0 saturated carbocycles. The molecule has 0 aliphatic heterocycles. The lowest BCUT2D eigenvalue weighted by molar-refractivity contribution is 0.397. The van der Waals surface area contributed by atoms with Crippen LogP contribution in [-0.2, 0) is 0 Å². The SMILES string of the molecule is COc1ccc(N)c(-n2nc(C)c(C)c2C)n1. The average molecular weight is 232 g/mol. The summed E-state index contributed by atoms with van der Waals surface area (Å²) in [6.07, 6.45) is 0. The zero-order valence-corrected chi connectivity index (χ0v) is 10.5. The third-order valence-corrected chi connectivity index (χ3v) is 2.94. The van der Waals surface area contributed by atoms with Crippen molar-refractivity contribution in [2.45, 2.75) is 20.8 Å². The fraction of sp³-hybridized carbons (Fsp3) is 0.333. The Bertz CT molecular complexity index is 560. The molecule has 5 heteroatoms. The fourth-order valence-electron chi connectivity index (χ4n) is 1.65. The third kappa shape index (κ3) is 1.84. The summed E-state index contributed by atoms with van der Waals surface area (Å²) in [6, 6.07) is 3.50. The molecule has 0 unspecified atom stereocenters. The van der Waals surface area contributed by atoms with Gasteiger partial charge in [0.1, 0.15) is 0 Å². The summed E-state index contributed by atoms with van der Waals surface area (Å²) >= 11 is 0. The number of methoxy groups -OCH3 is 1. The molecule has 0 aliphatic carbocycles. The minimum atomic E-state index is 0.527. The van der Waals surface area contributed by atoms with E-state index in [0.717, 1.165) is 17.0 Å². The largest absolute Gasteiger partial charge is 0.481 e. The van der Waals surface area contributed by atoms with E-state index >= 15 is 0 Å². The van der Waals surface area contributed by atoms with E-state index in [9.17, 15) is 0 Å². The van der Waals surface area contributed by atoms with Crippen molar-refractivity contribution in [1.29, 1.82) is 0 Å². The molecule has 2 aromatic heterocycles. The summed E-state index contributed by atoms with van der Waals surface area (Å²) in [5.74, 6) is 1.14. The number of aryl methyl sites for hydroxylation is 1. The van der Waals surface area contributed by atoms with Gasteiger partial charge in [0, 0.05) is 11.8 Å². The van der Waals surface area contributed by atoms with Crippen LogP contribution >= 0.6 is 0 Å². The van der Waals surface area contributed by atoms with E-state index in [-0.39, 0.29) is 0 Å². The minimum absolute atomic E-state index is 0.527. The monoisotopic (exact) mass is 232 g/mol. The number of nitrogen functional groups attached to an aromatic ring is 1. The molecule has 0 radical (unpaired) electrons. The molecular formula is C12H16N4O. The summed E-state index contributed by atoms with van der Waals surface area (Å²) in [4.78, 5) is 4.33. The number of aromatic nitrogens is 3. The molecule has 0 aromatic carbocycles. The van der Waals surface area contributed by atoms with Crippen LogP contribution in [0.3, 0.4) is 0 Å². The van der Waals surface area contributed by atoms with Crippen LogP contribution in [-0.4, -0.2) is 21.9 Å². The van der Waals surface area contributed by atoms with Crippen molar-refractivity contribution in [3.63, 3.8) is 0 Å². The number of hydrogen-bond acceptors (Lipinski definition) is 4. The van der Waals surface area contributed by atoms with Gasteiger partial charge in [-0.2, -0.15) is 10.1 Å². The highest BCUT2D eigenvalue weighted by molar-refractivity contribution is 5.55. The van der Waals surface area contributed by atoms with Gasteiger partial charge in [-0.15, -0.1) is 0 Å². The first kappa shape index (κ1) is 11.4. The molecule has 5 nitrogen and oxygen atoms in total. The number of rotatable bonds is 2. The van der Waals surface area contributed by atoms with Crippen LogP contribution < -0.4 is 10.5 Å². The van der Waals surface area contributed by atoms with E-state index in [1.54, 1.807) is 23.9 Å². The lowest BCUT2D eigenvalue weighted by Gasteiger charge is -2.08. The van der Waals surface area contributed by atoms with Crippen LogP contribution in [0.15, 0.2) is 12.1 Å². The van der Waals surface area contributed by atoms with Crippen molar-refractivity contribution in [3.05, 3.63) is 29.1 Å². The van der Waals surface area contributed by atoms with E-state index in [0.29, 0.717) is 17.4 Å². The standard InChI is InChI=1S/C12H16N4O/c1-7-8(2)15-16(9(7)3)12-10(13)5-6-11(14-12)17-4/h5-6H,13H2,1-4H3. The molecule has 0 saturated heterocycles. The van der Waals surface area contributed by atoms with Gasteiger partial charge < -0.3 is 10.5 Å². The Labute approximate surface area is 100 Å². The highest BCUT2D eigenvalue weighted by Crippen LogP contribution is 2.22. The van der Waals surface area contributed by atoms with E-state index < -0.39 is 0 Å². The Morgan fingerprint density at radius 1 is 1.24 bits per heavy atom. The number of ether oxygens (including phenoxy) is 1. The van der Waals surface area contributed by atoms with Crippen molar-refractivity contribution in [1.82, 2.24) is 14.8 Å². The van der Waals surface area contributed by atoms with Gasteiger partial charge in [0.25, 0.3) is 0 Å². The predicted molar refractivity (Wildman–Crippen MR) is 66.5 cm³/mol. The Kier molecular flexibility index (Phi) is 2.75. The van der Waals surface area contributed by atoms with Gasteiger partial charge in [-0.05, 0) is 32.4 Å². The molecule has 0 fully saturated rings. The van der Waals surface area contributed by atoms with Gasteiger partial charge in [0.2, 0.25) is 5.88 Å². The molecular weight excluding hydrogens is 216 g/mol. The second-order valence-electron chi connectivity index (χ2n) is 3.97. The van der Waals surface area contributed by atoms with E-state index in [1.165, 1.54) is 0 Å². The van der Waals surface area contributed by atoms with Crippen LogP contribution in [0.5, 0.6) is 5.88 Å². The molecule has 0 amide bonds. The molecule has 17 heavy (non-hydrogen) atoms. The molecule has 0 aliphatic rings. The second kappa shape index (κ2) is 4.08. The summed E-state index contributed by atoms with van der Waals surface area (Å²) < 4.78 is 6.85. The molecule has 2 aromatic rings. The lowest BCUT2D eigenvalue weighted by atomic mass is 10.2. The summed E-state index contributed by atoms with van der Waals surface area (Å²) in [7, 11) is 1.58. The summed E-state index contributed by atoms with van der Waals surface area (Å²) in [5.41, 5.74) is 9.67. The maximum absolute atomic E-state index is 5.93. The van der Waals surface area contributed by atoms with Crippen LogP contribution in [0.25, 0.3) is 5.82 Å². The molecule has 2 heterocycles. The number of pyridine rings is 1. The predicted octanol–water partition coefficient (Wildman–Crippen LogP) is 1.78. The molecule has 0 bridgehead atoms. The van der Waals surface area contributed by atoms with Gasteiger partial charge in [-0.3, -0.25) is 0 Å². The van der Waals surface area contributed by atoms with Gasteiger partial charge >= 0.3 is 0 Å². The van der Waals surface area contributed by atoms with Gasteiger partial charge in [0.15, 0.2) is 5.82 Å². The van der Waals surface area contributed by atoms with Gasteiger partial charge in [0.05, 0.1) is 18.5 Å². The second-order valence-corrected chi connectivity index (χ2v) is 3.97. The van der Waals surface area contributed by atoms with Crippen LogP contribution in [0.4, 0.5) is 5.69 Å². The Hall–Kier alpha value is -2.04. The Morgan fingerprint density at radius 3 is 2.47 bits per heavy atom. The van der Waals surface area contributed by atoms with Crippen molar-refractivity contribution in [3.8, 4) is 11.7 Å². The van der Waals surface area contributed by atoms with Crippen molar-refractivity contribution in [2.75, 3.05) is 12.8 Å². The molecule has 2 rings (SSSR count). The maximum Gasteiger partial charge on any atom is 0.215 e. The van der Waals surface area contributed by atoms with Crippen LogP contribution in [0.2, 0.25) is 0 Å². The summed E-state index contributed by atoms with van der Waals surface area (Å²) in [6.45, 7) is 6.00. The van der Waals surface area contributed by atoms with E-state index in [4.69, 9.17) is 10.5 Å². The zero-order valence-electron chi connectivity index (χ0n) is 10.5. The Morgan fingerprint density at radius 2 is 1.94 bits per heavy atom. The quantitative estimate of drug-likeness (QED) is 0.857. The van der Waals surface area contributed by atoms with E-state index in [2.05, 4.69) is 10.1 Å². The fourth-order valence-corrected chi connectivity index (χ4v) is 1.65. The molecule has 90 valence electrons. The highest BCUT2D eigenvalue weighted by atomic mass is 16.5. The van der Waals surface area contributed by atoms with Crippen molar-refractivity contribution in [2.24, 2.45) is 0 Å². The Balaban J connectivity index is 2.63. The highest BCUT2D eigenvalue weighted by Gasteiger charge is 2.13. The van der Waals surface area contributed by atoms with Crippen LogP contribution in [0, 0.1) is 20.8 Å². The first-order valence-corrected chi connectivity index (χ1v) is 5.38. The maximum atomic E-state index is 5.93. The van der Waals surface area contributed by atoms with E-state index in [1.807, 2.05) is 20.8 Å². The zero-order chi connectivity index (χ0) is 12.6. The molecule has 2 N–H and O–H groups in total. The van der Waals surface area contributed by atoms with Crippen LogP contribution in [0.1, 0.15) is 17.0 Å². The van der Waals surface area contributed by atoms with Crippen molar-refractivity contribution >= 4 is 5.69 Å². The van der Waals surface area contributed by atoms with Gasteiger partial charge in [-0.25, -0.2) is 4.68 Å². The molecule has 0 atom stereocenters. The normalized spacial score (nSPS) is 10.6. The number of nitrogens with zero attached hydrogens (tertiary/aromatic N) is 3. The third-order valence-electron chi connectivity index (χ3n) is 2.94. The van der Waals surface area contributed by atoms with Crippen molar-refractivity contribution < 1.29 is 4.74 Å².